The zero-order valence-electron chi connectivity index (χ0n) is 6.65. The molecule has 0 aliphatic carbocycles. The van der Waals surface area contributed by atoms with Crippen LogP contribution in [0.2, 0.25) is 0 Å². The Morgan fingerprint density at radius 3 is 1.21 bits per heavy atom. The van der Waals surface area contributed by atoms with Gasteiger partial charge in [-0.05, 0) is 0 Å². The van der Waals surface area contributed by atoms with Gasteiger partial charge in [-0.2, -0.15) is 21.6 Å². The van der Waals surface area contributed by atoms with Crippen molar-refractivity contribution >= 4 is 16.3 Å². The summed E-state index contributed by atoms with van der Waals surface area (Å²) in [6, 6.07) is 0. The molecule has 0 fully saturated rings. The van der Waals surface area contributed by atoms with E-state index < -0.39 is 22.5 Å². The normalized spacial score (nSPS) is 9.79. The number of hydrogen-bond acceptors (Lipinski definition) is 5. The molecule has 0 aromatic carbocycles. The van der Waals surface area contributed by atoms with Crippen LogP contribution in [0, 0.1) is 0 Å². The third-order valence-corrected chi connectivity index (χ3v) is 0.279. The van der Waals surface area contributed by atoms with Crippen molar-refractivity contribution in [2.45, 2.75) is 6.18 Å². The molecule has 0 heterocycles. The van der Waals surface area contributed by atoms with Crippen LogP contribution in [0.3, 0.4) is 0 Å². The van der Waals surface area contributed by atoms with Gasteiger partial charge in [-0.25, -0.2) is 0 Å². The average molecular weight is 245 g/mol. The topological polar surface area (TPSA) is 188 Å². The third kappa shape index (κ3) is 43.8. The van der Waals surface area contributed by atoms with Gasteiger partial charge in [0, 0.05) is 0 Å². The number of primary amides is 1. The second-order valence-corrected chi connectivity index (χ2v) is 2.21. The lowest BCUT2D eigenvalue weighted by molar-refractivity contribution is -0.169. The number of carbonyl (C=O) groups excluding carboxylic acids is 1. The first-order chi connectivity index (χ1) is 4.94. The van der Waals surface area contributed by atoms with Gasteiger partial charge in [0.25, 0.3) is 0 Å². The molecule has 0 saturated carbocycles. The van der Waals surface area contributed by atoms with Crippen LogP contribution in [0.5, 0.6) is 0 Å². The Morgan fingerprint density at radius 1 is 1.14 bits per heavy atom. The van der Waals surface area contributed by atoms with E-state index in [4.69, 9.17) is 22.3 Å². The van der Waals surface area contributed by atoms with E-state index in [1.165, 1.54) is 0 Å². The minimum atomic E-state index is -4.86. The number of nitrogens with two attached hydrogens (primary N) is 1. The Hall–Kier alpha value is -0.950. The van der Waals surface area contributed by atoms with Crippen molar-refractivity contribution in [1.82, 2.24) is 12.3 Å². The van der Waals surface area contributed by atoms with E-state index in [1.54, 1.807) is 0 Å². The predicted molar refractivity (Wildman–Crippen MR) is 39.5 cm³/mol. The van der Waals surface area contributed by atoms with E-state index in [0.717, 1.165) is 0 Å². The summed E-state index contributed by atoms with van der Waals surface area (Å²) in [6.07, 6.45) is -4.86. The van der Waals surface area contributed by atoms with Crippen molar-refractivity contribution in [3.8, 4) is 0 Å². The number of amides is 1. The van der Waals surface area contributed by atoms with Crippen LogP contribution in [0.1, 0.15) is 0 Å². The van der Waals surface area contributed by atoms with Crippen molar-refractivity contribution in [3.63, 3.8) is 0 Å². The lowest BCUT2D eigenvalue weighted by Gasteiger charge is -1.95. The summed E-state index contributed by atoms with van der Waals surface area (Å²) in [7, 11) is -4.67. The minimum Gasteiger partial charge on any atom is -0.362 e. The molecule has 0 rings (SSSR count). The highest BCUT2D eigenvalue weighted by Gasteiger charge is 2.35. The Morgan fingerprint density at radius 2 is 1.21 bits per heavy atom. The Balaban J connectivity index is -0.0000000651. The summed E-state index contributed by atoms with van der Waals surface area (Å²) < 4.78 is 63.7. The Labute approximate surface area is 77.0 Å². The molecule has 0 aromatic heterocycles. The molecule has 0 saturated heterocycles. The molecule has 0 unspecified atom stereocenters. The molecule has 0 aliphatic rings. The van der Waals surface area contributed by atoms with Gasteiger partial charge < -0.3 is 18.0 Å². The fraction of sp³-hybridized carbons (Fsp3) is 0.500. The van der Waals surface area contributed by atoms with Crippen molar-refractivity contribution < 1.29 is 35.5 Å². The SMILES string of the molecule is N.N.NC(=O)C(F)(F)F.O=S(=O)(O)O. The van der Waals surface area contributed by atoms with Crippen LogP contribution < -0.4 is 18.0 Å². The van der Waals surface area contributed by atoms with Crippen molar-refractivity contribution in [1.29, 1.82) is 0 Å². The predicted octanol–water partition coefficient (Wildman–Crippen LogP) is -0.295. The summed E-state index contributed by atoms with van der Waals surface area (Å²) >= 11 is 0. The first-order valence-electron chi connectivity index (χ1n) is 2.01. The van der Waals surface area contributed by atoms with Crippen LogP contribution in [-0.2, 0) is 15.2 Å². The highest BCUT2D eigenvalue weighted by atomic mass is 32.3. The number of rotatable bonds is 0. The Bertz CT molecular complexity index is 239. The fourth-order valence-electron chi connectivity index (χ4n) is 0. The molecule has 10 N–H and O–H groups in total. The standard InChI is InChI=1S/C2H2F3NO.2H3N.H2O4S/c3-2(4,5)1(6)7;;;1-5(2,3)4/h(H2,6,7);2*1H3;(H2,1,2,3,4). The molecule has 14 heavy (non-hydrogen) atoms. The Kier molecular flexibility index (Phi) is 12.3. The third-order valence-electron chi connectivity index (χ3n) is 0.279. The van der Waals surface area contributed by atoms with Crippen LogP contribution in [-0.4, -0.2) is 29.6 Å². The van der Waals surface area contributed by atoms with Gasteiger partial charge in [-0.15, -0.1) is 0 Å². The molecule has 0 aromatic rings. The highest BCUT2D eigenvalue weighted by Crippen LogP contribution is 2.11. The van der Waals surface area contributed by atoms with E-state index in [0.29, 0.717) is 0 Å². The number of alkyl halides is 3. The molecule has 12 heteroatoms. The van der Waals surface area contributed by atoms with Crippen molar-refractivity contribution in [2.24, 2.45) is 5.73 Å². The van der Waals surface area contributed by atoms with Crippen LogP contribution in [0.15, 0.2) is 0 Å². The molecule has 90 valence electrons. The maximum absolute atomic E-state index is 10.7. The monoisotopic (exact) mass is 245 g/mol. The zero-order chi connectivity index (χ0) is 10.6. The van der Waals surface area contributed by atoms with Gasteiger partial charge in [0.1, 0.15) is 0 Å². The summed E-state index contributed by atoms with van der Waals surface area (Å²) in [5, 5.41) is 0. The van der Waals surface area contributed by atoms with E-state index in [2.05, 4.69) is 5.73 Å². The molecule has 0 aliphatic heterocycles. The van der Waals surface area contributed by atoms with E-state index in [1.807, 2.05) is 0 Å². The summed E-state index contributed by atoms with van der Waals surface area (Å²) in [5.74, 6) is -2.26. The first-order valence-corrected chi connectivity index (χ1v) is 3.41. The van der Waals surface area contributed by atoms with Gasteiger partial charge in [0.2, 0.25) is 0 Å². The molecular formula is C2H10F3N3O5S. The maximum Gasteiger partial charge on any atom is 0.470 e. The smallest absolute Gasteiger partial charge is 0.362 e. The second-order valence-electron chi connectivity index (χ2n) is 1.31. The zero-order valence-corrected chi connectivity index (χ0v) is 7.47. The van der Waals surface area contributed by atoms with Crippen LogP contribution >= 0.6 is 0 Å². The second kappa shape index (κ2) is 7.45. The quantitative estimate of drug-likeness (QED) is 0.362. The lowest BCUT2D eigenvalue weighted by Crippen LogP contribution is -2.30. The molecule has 0 radical (unpaired) electrons. The summed E-state index contributed by atoms with van der Waals surface area (Å²) in [5.41, 5.74) is 3.81. The number of halogens is 3. The van der Waals surface area contributed by atoms with Gasteiger partial charge in [0.15, 0.2) is 0 Å². The number of carbonyl (C=O) groups is 1. The van der Waals surface area contributed by atoms with Gasteiger partial charge in [0.05, 0.1) is 0 Å². The van der Waals surface area contributed by atoms with Crippen LogP contribution in [0.4, 0.5) is 13.2 Å². The van der Waals surface area contributed by atoms with E-state index in [9.17, 15) is 13.2 Å². The molecule has 0 bridgehead atoms. The van der Waals surface area contributed by atoms with Gasteiger partial charge in [-0.1, -0.05) is 0 Å². The highest BCUT2D eigenvalue weighted by molar-refractivity contribution is 7.79. The molecule has 0 atom stereocenters. The summed E-state index contributed by atoms with van der Waals surface area (Å²) in [4.78, 5) is 9.12. The first kappa shape index (κ1) is 23.1. The largest absolute Gasteiger partial charge is 0.470 e. The van der Waals surface area contributed by atoms with Crippen molar-refractivity contribution in [2.75, 3.05) is 0 Å². The van der Waals surface area contributed by atoms with Gasteiger partial charge in [-0.3, -0.25) is 13.9 Å². The molecule has 0 spiro atoms. The minimum absolute atomic E-state index is 0. The fourth-order valence-corrected chi connectivity index (χ4v) is 0. The lowest BCUT2D eigenvalue weighted by atomic mass is 10.6. The molecule has 1 amide bonds. The molecule has 8 nitrogen and oxygen atoms in total. The van der Waals surface area contributed by atoms with Gasteiger partial charge >= 0.3 is 22.5 Å². The maximum atomic E-state index is 10.7. The number of hydrogen-bond donors (Lipinski definition) is 5. The van der Waals surface area contributed by atoms with E-state index in [-0.39, 0.29) is 12.3 Å². The molecular weight excluding hydrogens is 235 g/mol. The van der Waals surface area contributed by atoms with Crippen LogP contribution in [0.25, 0.3) is 0 Å². The van der Waals surface area contributed by atoms with Crippen molar-refractivity contribution in [3.05, 3.63) is 0 Å². The van der Waals surface area contributed by atoms with E-state index >= 15 is 0 Å². The summed E-state index contributed by atoms with van der Waals surface area (Å²) in [6.45, 7) is 0. The average Bonchev–Trinajstić information content (AvgIpc) is 1.55.